The minimum Gasteiger partial charge on any atom is -0.497 e. The van der Waals surface area contributed by atoms with Gasteiger partial charge in [0.25, 0.3) is 5.91 Å². The van der Waals surface area contributed by atoms with Gasteiger partial charge in [-0.1, -0.05) is 25.3 Å². The lowest BCUT2D eigenvalue weighted by Crippen LogP contribution is -2.53. The highest BCUT2D eigenvalue weighted by Gasteiger charge is 2.64. The Morgan fingerprint density at radius 2 is 1.91 bits per heavy atom. The van der Waals surface area contributed by atoms with E-state index in [2.05, 4.69) is 21.4 Å². The second kappa shape index (κ2) is 11.7. The first-order chi connectivity index (χ1) is 22.1. The van der Waals surface area contributed by atoms with Crippen molar-refractivity contribution in [3.8, 4) is 17.0 Å². The fourth-order valence-electron chi connectivity index (χ4n) is 8.05. The van der Waals surface area contributed by atoms with Crippen molar-refractivity contribution in [3.63, 3.8) is 0 Å². The molecule has 3 atom stereocenters. The van der Waals surface area contributed by atoms with Crippen LogP contribution in [0.4, 0.5) is 0 Å². The minimum atomic E-state index is -3.99. The summed E-state index contributed by atoms with van der Waals surface area (Å²) < 4.78 is 41.7. The number of hydrogen-bond donors (Lipinski definition) is 2. The average Bonchev–Trinajstić information content (AvgIpc) is 3.74. The monoisotopic (exact) mass is 650 g/mol. The summed E-state index contributed by atoms with van der Waals surface area (Å²) in [6.07, 6.45) is 6.25. The number of nitrogens with zero attached hydrogens (tertiary/aromatic N) is 3. The van der Waals surface area contributed by atoms with Gasteiger partial charge in [0.2, 0.25) is 5.91 Å². The zero-order valence-electron chi connectivity index (χ0n) is 26.6. The van der Waals surface area contributed by atoms with E-state index in [4.69, 9.17) is 9.47 Å². The fraction of sp³-hybridized carbons (Fsp3) is 0.529. The van der Waals surface area contributed by atoms with Crippen LogP contribution >= 0.6 is 0 Å². The summed E-state index contributed by atoms with van der Waals surface area (Å²) in [7, 11) is 0.396. The SMILES string of the molecule is COc1ccc2c(c1)C1CC1(C(=O)N1CCOC[C@H]1CO)Cn1c-2c(C2CCCCC2)c2ccc(C(=O)NS(=O)(=O)N(C)C)cc21. The largest absolute Gasteiger partial charge is 0.497 e. The van der Waals surface area contributed by atoms with Crippen molar-refractivity contribution in [1.29, 1.82) is 0 Å². The maximum absolute atomic E-state index is 14.6. The molecule has 2 saturated carbocycles. The molecule has 0 radical (unpaired) electrons. The molecule has 1 aromatic heterocycles. The molecule has 11 nitrogen and oxygen atoms in total. The standard InChI is InChI=1S/C34H42N4O7S/c1-36(2)46(42,43)35-32(40)22-9-11-26-29(15-22)38-20-34(33(41)37-13-14-45-19-23(37)18-39)17-28(34)27-16-24(44-3)10-12-25(27)31(38)30(26)21-7-5-4-6-8-21/h9-12,15-16,21,23,28,39H,4-8,13-14,17-20H2,1-3H3,(H,35,40)/t23-,28?,34?/m1/s1. The quantitative estimate of drug-likeness (QED) is 0.400. The Kier molecular flexibility index (Phi) is 7.90. The molecule has 2 N–H and O–H groups in total. The molecule has 2 unspecified atom stereocenters. The molecule has 2 aliphatic heterocycles. The van der Waals surface area contributed by atoms with Crippen LogP contribution in [0.15, 0.2) is 36.4 Å². The topological polar surface area (TPSA) is 130 Å². The highest BCUT2D eigenvalue weighted by atomic mass is 32.2. The van der Waals surface area contributed by atoms with Crippen LogP contribution in [-0.2, 0) is 26.3 Å². The second-order valence-corrected chi connectivity index (χ2v) is 15.3. The number of morpholine rings is 1. The Balaban J connectivity index is 1.44. The molecule has 1 saturated heterocycles. The fourth-order valence-corrected chi connectivity index (χ4v) is 8.58. The zero-order chi connectivity index (χ0) is 32.4. The number of hydrogen-bond acceptors (Lipinski definition) is 7. The first-order valence-electron chi connectivity index (χ1n) is 16.2. The number of ether oxygens (including phenoxy) is 2. The summed E-state index contributed by atoms with van der Waals surface area (Å²) in [5.74, 6) is 0.303. The zero-order valence-corrected chi connectivity index (χ0v) is 27.4. The number of fused-ring (bicyclic) bond motifs is 7. The van der Waals surface area contributed by atoms with Gasteiger partial charge in [-0.3, -0.25) is 9.59 Å². The van der Waals surface area contributed by atoms with Gasteiger partial charge in [0.1, 0.15) is 5.75 Å². The van der Waals surface area contributed by atoms with Gasteiger partial charge in [-0.05, 0) is 66.6 Å². The van der Waals surface area contributed by atoms with Crippen LogP contribution in [0.2, 0.25) is 0 Å². The van der Waals surface area contributed by atoms with E-state index in [1.807, 2.05) is 12.1 Å². The predicted octanol–water partition coefficient (Wildman–Crippen LogP) is 3.61. The van der Waals surface area contributed by atoms with E-state index in [0.717, 1.165) is 63.5 Å². The number of aliphatic hydroxyl groups excluding tert-OH is 1. The van der Waals surface area contributed by atoms with Crippen molar-refractivity contribution in [1.82, 2.24) is 18.5 Å². The van der Waals surface area contributed by atoms with Crippen LogP contribution < -0.4 is 9.46 Å². The number of aromatic nitrogens is 1. The maximum atomic E-state index is 14.6. The van der Waals surface area contributed by atoms with Crippen LogP contribution in [0.5, 0.6) is 5.75 Å². The summed E-state index contributed by atoms with van der Waals surface area (Å²) in [5, 5.41) is 11.2. The number of benzene rings is 2. The number of aliphatic hydroxyl groups is 1. The summed E-state index contributed by atoms with van der Waals surface area (Å²) in [6, 6.07) is 11.2. The Morgan fingerprint density at radius 1 is 1.13 bits per heavy atom. The Morgan fingerprint density at radius 3 is 2.63 bits per heavy atom. The van der Waals surface area contributed by atoms with E-state index in [0.29, 0.717) is 38.6 Å². The summed E-state index contributed by atoms with van der Waals surface area (Å²) in [5.41, 5.74) is 4.74. The highest BCUT2D eigenvalue weighted by Crippen LogP contribution is 2.66. The van der Waals surface area contributed by atoms with Crippen LogP contribution in [-0.4, -0.2) is 92.7 Å². The van der Waals surface area contributed by atoms with E-state index in [1.54, 1.807) is 24.1 Å². The third-order valence-electron chi connectivity index (χ3n) is 10.6. The van der Waals surface area contributed by atoms with Crippen molar-refractivity contribution >= 4 is 32.9 Å². The number of methoxy groups -OCH3 is 1. The Hall–Kier alpha value is -3.45. The van der Waals surface area contributed by atoms with Gasteiger partial charge in [0.15, 0.2) is 0 Å². The maximum Gasteiger partial charge on any atom is 0.303 e. The van der Waals surface area contributed by atoms with E-state index in [-0.39, 0.29) is 24.0 Å². The van der Waals surface area contributed by atoms with Crippen molar-refractivity contribution < 1.29 is 32.6 Å². The van der Waals surface area contributed by atoms with Gasteiger partial charge in [-0.15, -0.1) is 0 Å². The number of nitrogens with one attached hydrogen (secondary N) is 1. The number of amides is 2. The van der Waals surface area contributed by atoms with Gasteiger partial charge in [0, 0.05) is 55.1 Å². The molecular weight excluding hydrogens is 608 g/mol. The smallest absolute Gasteiger partial charge is 0.303 e. The molecule has 246 valence electrons. The molecule has 7 rings (SSSR count). The molecule has 46 heavy (non-hydrogen) atoms. The first kappa shape index (κ1) is 31.2. The molecule has 0 bridgehead atoms. The normalized spacial score (nSPS) is 24.6. The predicted molar refractivity (Wildman–Crippen MR) is 173 cm³/mol. The first-order valence-corrected chi connectivity index (χ1v) is 17.6. The van der Waals surface area contributed by atoms with Crippen molar-refractivity contribution in [2.45, 2.75) is 62.9 Å². The molecule has 0 spiro atoms. The summed E-state index contributed by atoms with van der Waals surface area (Å²) in [4.78, 5) is 29.7. The van der Waals surface area contributed by atoms with Gasteiger partial charge < -0.3 is 24.0 Å². The molecule has 3 fully saturated rings. The number of carbonyl (C=O) groups excluding carboxylic acids is 2. The van der Waals surface area contributed by atoms with Crippen LogP contribution in [0.1, 0.15) is 71.8 Å². The molecule has 2 aromatic carbocycles. The molecular formula is C34H42N4O7S. The molecule has 2 aliphatic carbocycles. The molecule has 4 aliphatic rings. The average molecular weight is 651 g/mol. The van der Waals surface area contributed by atoms with E-state index >= 15 is 0 Å². The highest BCUT2D eigenvalue weighted by molar-refractivity contribution is 7.87. The Labute approximate surface area is 269 Å². The molecule has 3 heterocycles. The van der Waals surface area contributed by atoms with Gasteiger partial charge >= 0.3 is 10.2 Å². The second-order valence-electron chi connectivity index (χ2n) is 13.4. The van der Waals surface area contributed by atoms with E-state index in [9.17, 15) is 23.1 Å². The lowest BCUT2D eigenvalue weighted by Gasteiger charge is -2.37. The number of rotatable bonds is 7. The minimum absolute atomic E-state index is 0.00788. The van der Waals surface area contributed by atoms with E-state index in [1.165, 1.54) is 26.1 Å². The third-order valence-corrected chi connectivity index (χ3v) is 12.0. The van der Waals surface area contributed by atoms with Gasteiger partial charge in [0.05, 0.1) is 44.1 Å². The lowest BCUT2D eigenvalue weighted by molar-refractivity contribution is -0.148. The molecule has 3 aromatic rings. The molecule has 12 heteroatoms. The van der Waals surface area contributed by atoms with E-state index < -0.39 is 27.6 Å². The van der Waals surface area contributed by atoms with Crippen LogP contribution in [0, 0.1) is 5.41 Å². The van der Waals surface area contributed by atoms with Crippen molar-refractivity contribution in [2.24, 2.45) is 5.41 Å². The van der Waals surface area contributed by atoms with Crippen molar-refractivity contribution in [3.05, 3.63) is 53.1 Å². The van der Waals surface area contributed by atoms with Crippen LogP contribution in [0.25, 0.3) is 22.2 Å². The number of carbonyl (C=O) groups is 2. The Bertz CT molecular complexity index is 1810. The van der Waals surface area contributed by atoms with Gasteiger partial charge in [-0.25, -0.2) is 4.72 Å². The van der Waals surface area contributed by atoms with Gasteiger partial charge in [-0.2, -0.15) is 12.7 Å². The molecule has 2 amide bonds. The third kappa shape index (κ3) is 5.01. The van der Waals surface area contributed by atoms with Crippen LogP contribution in [0.3, 0.4) is 0 Å². The van der Waals surface area contributed by atoms with Crippen molar-refractivity contribution in [2.75, 3.05) is 47.6 Å². The summed E-state index contributed by atoms with van der Waals surface area (Å²) >= 11 is 0. The summed E-state index contributed by atoms with van der Waals surface area (Å²) in [6.45, 7) is 1.37. The lowest BCUT2D eigenvalue weighted by atomic mass is 9.81.